The SMILES string of the molecule is COC(=O)c1ccc(/C=C/C(=O)N2CCCC2c2cccc(OC)c2)cc1. The number of carbonyl (C=O) groups is 2. The number of nitrogens with zero attached hydrogens (tertiary/aromatic N) is 1. The number of methoxy groups -OCH3 is 2. The van der Waals surface area contributed by atoms with Crippen LogP contribution in [0.2, 0.25) is 0 Å². The van der Waals surface area contributed by atoms with Crippen molar-refractivity contribution in [2.45, 2.75) is 18.9 Å². The Morgan fingerprint density at radius 3 is 2.59 bits per heavy atom. The van der Waals surface area contributed by atoms with Gasteiger partial charge in [0.2, 0.25) is 5.91 Å². The highest BCUT2D eigenvalue weighted by molar-refractivity contribution is 5.93. The first-order valence-electron chi connectivity index (χ1n) is 8.93. The third-order valence-electron chi connectivity index (χ3n) is 4.76. The summed E-state index contributed by atoms with van der Waals surface area (Å²) in [5.41, 5.74) is 2.43. The molecule has 0 N–H and O–H groups in total. The molecule has 3 rings (SSSR count). The summed E-state index contributed by atoms with van der Waals surface area (Å²) in [4.78, 5) is 26.1. The molecule has 5 heteroatoms. The van der Waals surface area contributed by atoms with Gasteiger partial charge in [-0.2, -0.15) is 0 Å². The molecule has 0 bridgehead atoms. The van der Waals surface area contributed by atoms with Crippen molar-refractivity contribution in [1.82, 2.24) is 4.90 Å². The maximum atomic E-state index is 12.7. The Morgan fingerprint density at radius 1 is 1.11 bits per heavy atom. The lowest BCUT2D eigenvalue weighted by Gasteiger charge is -2.24. The van der Waals surface area contributed by atoms with Crippen LogP contribution >= 0.6 is 0 Å². The number of hydrogen-bond acceptors (Lipinski definition) is 4. The monoisotopic (exact) mass is 365 g/mol. The summed E-state index contributed by atoms with van der Waals surface area (Å²) in [6.07, 6.45) is 5.28. The van der Waals surface area contributed by atoms with E-state index in [-0.39, 0.29) is 17.9 Å². The van der Waals surface area contributed by atoms with Crippen LogP contribution in [0.1, 0.15) is 40.4 Å². The molecular weight excluding hydrogens is 342 g/mol. The average Bonchev–Trinajstić information content (AvgIpc) is 3.22. The molecule has 1 fully saturated rings. The van der Waals surface area contributed by atoms with Gasteiger partial charge in [-0.05, 0) is 54.3 Å². The van der Waals surface area contributed by atoms with Crippen molar-refractivity contribution in [3.8, 4) is 5.75 Å². The molecule has 0 aromatic heterocycles. The van der Waals surface area contributed by atoms with E-state index in [1.165, 1.54) is 7.11 Å². The predicted octanol–water partition coefficient (Wildman–Crippen LogP) is 3.86. The molecule has 1 heterocycles. The second kappa shape index (κ2) is 8.54. The number of esters is 1. The lowest BCUT2D eigenvalue weighted by atomic mass is 10.0. The van der Waals surface area contributed by atoms with Gasteiger partial charge >= 0.3 is 5.97 Å². The van der Waals surface area contributed by atoms with E-state index in [1.54, 1.807) is 43.5 Å². The minimum atomic E-state index is -0.375. The first kappa shape index (κ1) is 18.7. The van der Waals surface area contributed by atoms with Crippen LogP contribution in [0.15, 0.2) is 54.6 Å². The Balaban J connectivity index is 1.70. The van der Waals surface area contributed by atoms with Gasteiger partial charge in [0.15, 0.2) is 0 Å². The van der Waals surface area contributed by atoms with Crippen molar-refractivity contribution in [3.63, 3.8) is 0 Å². The van der Waals surface area contributed by atoms with Gasteiger partial charge < -0.3 is 14.4 Å². The Hall–Kier alpha value is -3.08. The molecule has 2 aromatic carbocycles. The van der Waals surface area contributed by atoms with Crippen LogP contribution in [-0.2, 0) is 9.53 Å². The zero-order valence-electron chi connectivity index (χ0n) is 15.6. The summed E-state index contributed by atoms with van der Waals surface area (Å²) >= 11 is 0. The maximum Gasteiger partial charge on any atom is 0.337 e. The van der Waals surface area contributed by atoms with Crippen LogP contribution in [0.4, 0.5) is 0 Å². The van der Waals surface area contributed by atoms with Crippen molar-refractivity contribution in [1.29, 1.82) is 0 Å². The lowest BCUT2D eigenvalue weighted by Crippen LogP contribution is -2.28. The molecule has 0 radical (unpaired) electrons. The summed E-state index contributed by atoms with van der Waals surface area (Å²) in [5.74, 6) is 0.408. The molecule has 0 aliphatic carbocycles. The smallest absolute Gasteiger partial charge is 0.337 e. The number of benzene rings is 2. The Morgan fingerprint density at radius 2 is 1.89 bits per heavy atom. The van der Waals surface area contributed by atoms with Crippen molar-refractivity contribution >= 4 is 18.0 Å². The lowest BCUT2D eigenvalue weighted by molar-refractivity contribution is -0.126. The zero-order valence-corrected chi connectivity index (χ0v) is 15.6. The fourth-order valence-corrected chi connectivity index (χ4v) is 3.34. The summed E-state index contributed by atoms with van der Waals surface area (Å²) < 4.78 is 9.99. The van der Waals surface area contributed by atoms with Crippen LogP contribution in [0.25, 0.3) is 6.08 Å². The van der Waals surface area contributed by atoms with E-state index in [1.807, 2.05) is 29.2 Å². The summed E-state index contributed by atoms with van der Waals surface area (Å²) in [7, 11) is 2.99. The van der Waals surface area contributed by atoms with Gasteiger partial charge in [-0.15, -0.1) is 0 Å². The van der Waals surface area contributed by atoms with E-state index < -0.39 is 0 Å². The highest BCUT2D eigenvalue weighted by Crippen LogP contribution is 2.33. The molecule has 1 amide bonds. The molecule has 5 nitrogen and oxygen atoms in total. The van der Waals surface area contributed by atoms with E-state index in [4.69, 9.17) is 4.74 Å². The molecule has 1 aliphatic rings. The van der Waals surface area contributed by atoms with E-state index in [9.17, 15) is 9.59 Å². The normalized spacial score (nSPS) is 16.5. The van der Waals surface area contributed by atoms with E-state index in [2.05, 4.69) is 4.74 Å². The quantitative estimate of drug-likeness (QED) is 0.596. The van der Waals surface area contributed by atoms with Crippen molar-refractivity contribution in [2.24, 2.45) is 0 Å². The van der Waals surface area contributed by atoms with Crippen LogP contribution in [0.3, 0.4) is 0 Å². The van der Waals surface area contributed by atoms with Crippen molar-refractivity contribution in [2.75, 3.05) is 20.8 Å². The molecule has 0 saturated carbocycles. The standard InChI is InChI=1S/C22H23NO4/c1-26-19-6-3-5-18(15-19)20-7-4-14-23(20)21(24)13-10-16-8-11-17(12-9-16)22(25)27-2/h3,5-6,8-13,15,20H,4,7,14H2,1-2H3/b13-10+. The molecule has 1 aliphatic heterocycles. The van der Waals surface area contributed by atoms with Crippen molar-refractivity contribution < 1.29 is 19.1 Å². The van der Waals surface area contributed by atoms with Gasteiger partial charge in [-0.25, -0.2) is 4.79 Å². The van der Waals surface area contributed by atoms with Gasteiger partial charge in [-0.3, -0.25) is 4.79 Å². The largest absolute Gasteiger partial charge is 0.497 e. The minimum absolute atomic E-state index is 0.0163. The van der Waals surface area contributed by atoms with Gasteiger partial charge in [0.05, 0.1) is 25.8 Å². The van der Waals surface area contributed by atoms with E-state index in [0.29, 0.717) is 5.56 Å². The number of hydrogen-bond donors (Lipinski definition) is 0. The topological polar surface area (TPSA) is 55.8 Å². The van der Waals surface area contributed by atoms with Gasteiger partial charge in [0, 0.05) is 12.6 Å². The maximum absolute atomic E-state index is 12.7. The fourth-order valence-electron chi connectivity index (χ4n) is 3.34. The number of ether oxygens (including phenoxy) is 2. The van der Waals surface area contributed by atoms with Gasteiger partial charge in [0.25, 0.3) is 0 Å². The molecule has 140 valence electrons. The van der Waals surface area contributed by atoms with Crippen LogP contribution in [-0.4, -0.2) is 37.5 Å². The number of amides is 1. The van der Waals surface area contributed by atoms with Crippen molar-refractivity contribution in [3.05, 3.63) is 71.3 Å². The Labute approximate surface area is 159 Å². The second-order valence-electron chi connectivity index (χ2n) is 6.41. The second-order valence-corrected chi connectivity index (χ2v) is 6.41. The fraction of sp³-hybridized carbons (Fsp3) is 0.273. The summed E-state index contributed by atoms with van der Waals surface area (Å²) in [6, 6.07) is 14.9. The van der Waals surface area contributed by atoms with Gasteiger partial charge in [0.1, 0.15) is 5.75 Å². The third-order valence-corrected chi connectivity index (χ3v) is 4.76. The number of likely N-dealkylation sites (tertiary alicyclic amines) is 1. The predicted molar refractivity (Wildman–Crippen MR) is 103 cm³/mol. The molecule has 0 spiro atoms. The van der Waals surface area contributed by atoms with E-state index in [0.717, 1.165) is 36.3 Å². The molecule has 1 unspecified atom stereocenters. The summed E-state index contributed by atoms with van der Waals surface area (Å²) in [6.45, 7) is 0.742. The van der Waals surface area contributed by atoms with Gasteiger partial charge in [-0.1, -0.05) is 24.3 Å². The molecular formula is C22H23NO4. The van der Waals surface area contributed by atoms with E-state index >= 15 is 0 Å². The highest BCUT2D eigenvalue weighted by atomic mass is 16.5. The molecule has 2 aromatic rings. The highest BCUT2D eigenvalue weighted by Gasteiger charge is 2.28. The summed E-state index contributed by atoms with van der Waals surface area (Å²) in [5, 5.41) is 0. The molecule has 27 heavy (non-hydrogen) atoms. The Bertz CT molecular complexity index is 842. The molecule has 1 saturated heterocycles. The third kappa shape index (κ3) is 4.37. The average molecular weight is 365 g/mol. The minimum Gasteiger partial charge on any atom is -0.497 e. The number of carbonyl (C=O) groups excluding carboxylic acids is 2. The first-order chi connectivity index (χ1) is 13.1. The zero-order chi connectivity index (χ0) is 19.2. The van der Waals surface area contributed by atoms with Crippen LogP contribution < -0.4 is 4.74 Å². The van der Waals surface area contributed by atoms with Crippen LogP contribution in [0, 0.1) is 0 Å². The molecule has 1 atom stereocenters. The number of rotatable bonds is 5. The Kier molecular flexibility index (Phi) is 5.91. The van der Waals surface area contributed by atoms with Crippen LogP contribution in [0.5, 0.6) is 5.75 Å². The first-order valence-corrected chi connectivity index (χ1v) is 8.93.